The second-order valence-electron chi connectivity index (χ2n) is 4.73. The summed E-state index contributed by atoms with van der Waals surface area (Å²) < 4.78 is 0. The van der Waals surface area contributed by atoms with Crippen LogP contribution >= 0.6 is 0 Å². The third-order valence-corrected chi connectivity index (χ3v) is 3.01. The molecule has 0 saturated carbocycles. The molecule has 0 spiro atoms. The van der Waals surface area contributed by atoms with E-state index < -0.39 is 0 Å². The monoisotopic (exact) mass is 266 g/mol. The van der Waals surface area contributed by atoms with Crippen molar-refractivity contribution in [2.45, 2.75) is 20.4 Å². The van der Waals surface area contributed by atoms with Crippen LogP contribution in [0.3, 0.4) is 0 Å². The highest BCUT2D eigenvalue weighted by molar-refractivity contribution is 5.91. The minimum Gasteiger partial charge on any atom is -0.347 e. The van der Waals surface area contributed by atoms with Crippen molar-refractivity contribution in [3.05, 3.63) is 71.1 Å². The Kier molecular flexibility index (Phi) is 4.66. The van der Waals surface area contributed by atoms with E-state index >= 15 is 0 Å². The number of benzene rings is 1. The average Bonchev–Trinajstić information content (AvgIpc) is 2.45. The standard InChI is InChI=1S/C17H18N2O/c1-13-6-7-15(14(2)11-13)8-9-17(20)19-12-16-5-3-4-10-18-16/h3-11H,12H2,1-2H3,(H,19,20)/b9-8+. The van der Waals surface area contributed by atoms with E-state index in [0.717, 1.165) is 11.3 Å². The summed E-state index contributed by atoms with van der Waals surface area (Å²) in [5, 5.41) is 2.81. The molecule has 0 aliphatic rings. The number of aromatic nitrogens is 1. The largest absolute Gasteiger partial charge is 0.347 e. The number of carbonyl (C=O) groups is 1. The van der Waals surface area contributed by atoms with E-state index in [1.807, 2.05) is 43.3 Å². The summed E-state index contributed by atoms with van der Waals surface area (Å²) in [5.74, 6) is -0.115. The molecule has 0 atom stereocenters. The lowest BCUT2D eigenvalue weighted by atomic mass is 10.1. The molecule has 1 N–H and O–H groups in total. The second-order valence-corrected chi connectivity index (χ2v) is 4.73. The predicted molar refractivity (Wildman–Crippen MR) is 81.0 cm³/mol. The van der Waals surface area contributed by atoms with Crippen LogP contribution in [0, 0.1) is 13.8 Å². The van der Waals surface area contributed by atoms with Crippen molar-refractivity contribution in [2.75, 3.05) is 0 Å². The zero-order valence-corrected chi connectivity index (χ0v) is 11.8. The molecule has 2 rings (SSSR count). The first-order valence-electron chi connectivity index (χ1n) is 6.58. The van der Waals surface area contributed by atoms with Gasteiger partial charge >= 0.3 is 0 Å². The Labute approximate surface area is 119 Å². The van der Waals surface area contributed by atoms with Gasteiger partial charge in [-0.15, -0.1) is 0 Å². The maximum Gasteiger partial charge on any atom is 0.244 e. The molecule has 0 bridgehead atoms. The lowest BCUT2D eigenvalue weighted by molar-refractivity contribution is -0.116. The fourth-order valence-electron chi connectivity index (χ4n) is 1.92. The molecule has 2 aromatic rings. The molecule has 3 heteroatoms. The van der Waals surface area contributed by atoms with E-state index in [4.69, 9.17) is 0 Å². The van der Waals surface area contributed by atoms with Gasteiger partial charge in [0, 0.05) is 12.3 Å². The van der Waals surface area contributed by atoms with Gasteiger partial charge in [-0.05, 0) is 43.2 Å². The van der Waals surface area contributed by atoms with Crippen LogP contribution in [0.5, 0.6) is 0 Å². The normalized spacial score (nSPS) is 10.7. The summed E-state index contributed by atoms with van der Waals surface area (Å²) in [5.41, 5.74) is 4.29. The van der Waals surface area contributed by atoms with Crippen LogP contribution in [0.1, 0.15) is 22.4 Å². The fraction of sp³-hybridized carbons (Fsp3) is 0.176. The van der Waals surface area contributed by atoms with Crippen molar-refractivity contribution in [2.24, 2.45) is 0 Å². The highest BCUT2D eigenvalue weighted by atomic mass is 16.1. The summed E-state index contributed by atoms with van der Waals surface area (Å²) >= 11 is 0. The van der Waals surface area contributed by atoms with E-state index in [0.29, 0.717) is 6.54 Å². The van der Waals surface area contributed by atoms with Gasteiger partial charge in [0.25, 0.3) is 0 Å². The summed E-state index contributed by atoms with van der Waals surface area (Å²) in [6.07, 6.45) is 5.11. The van der Waals surface area contributed by atoms with Crippen molar-refractivity contribution in [1.29, 1.82) is 0 Å². The molecular weight excluding hydrogens is 248 g/mol. The summed E-state index contributed by atoms with van der Waals surface area (Å²) in [6.45, 7) is 4.54. The molecule has 0 radical (unpaired) electrons. The molecule has 0 aliphatic heterocycles. The fourth-order valence-corrected chi connectivity index (χ4v) is 1.92. The molecule has 0 saturated heterocycles. The highest BCUT2D eigenvalue weighted by Crippen LogP contribution is 2.11. The Bertz CT molecular complexity index is 618. The van der Waals surface area contributed by atoms with Gasteiger partial charge in [0.2, 0.25) is 5.91 Å². The average molecular weight is 266 g/mol. The van der Waals surface area contributed by atoms with E-state index in [1.54, 1.807) is 12.3 Å². The Balaban J connectivity index is 1.92. The lowest BCUT2D eigenvalue weighted by Crippen LogP contribution is -2.20. The summed E-state index contributed by atoms with van der Waals surface area (Å²) in [6, 6.07) is 11.8. The predicted octanol–water partition coefficient (Wildman–Crippen LogP) is 3.03. The van der Waals surface area contributed by atoms with Crippen molar-refractivity contribution in [3.8, 4) is 0 Å². The Morgan fingerprint density at radius 3 is 2.80 bits per heavy atom. The van der Waals surface area contributed by atoms with Crippen LogP contribution in [0.4, 0.5) is 0 Å². The molecular formula is C17H18N2O. The summed E-state index contributed by atoms with van der Waals surface area (Å²) in [7, 11) is 0. The van der Waals surface area contributed by atoms with Crippen molar-refractivity contribution >= 4 is 12.0 Å². The third kappa shape index (κ3) is 4.05. The van der Waals surface area contributed by atoms with Crippen LogP contribution in [-0.4, -0.2) is 10.9 Å². The number of amides is 1. The molecule has 0 aliphatic carbocycles. The second kappa shape index (κ2) is 6.66. The van der Waals surface area contributed by atoms with Crippen LogP contribution in [0.2, 0.25) is 0 Å². The van der Waals surface area contributed by atoms with Gasteiger partial charge in [-0.2, -0.15) is 0 Å². The molecule has 1 heterocycles. The van der Waals surface area contributed by atoms with Gasteiger partial charge in [0.1, 0.15) is 0 Å². The number of nitrogens with zero attached hydrogens (tertiary/aromatic N) is 1. The first-order valence-corrected chi connectivity index (χ1v) is 6.58. The zero-order valence-electron chi connectivity index (χ0n) is 11.8. The zero-order chi connectivity index (χ0) is 14.4. The molecule has 0 fully saturated rings. The summed E-state index contributed by atoms with van der Waals surface area (Å²) in [4.78, 5) is 15.9. The van der Waals surface area contributed by atoms with E-state index in [1.165, 1.54) is 11.1 Å². The number of rotatable bonds is 4. The maximum atomic E-state index is 11.7. The lowest BCUT2D eigenvalue weighted by Gasteiger charge is -2.03. The molecule has 1 aromatic carbocycles. The van der Waals surface area contributed by atoms with Crippen molar-refractivity contribution < 1.29 is 4.79 Å². The number of aryl methyl sites for hydroxylation is 2. The topological polar surface area (TPSA) is 42.0 Å². The Hall–Kier alpha value is -2.42. The molecule has 1 amide bonds. The quantitative estimate of drug-likeness (QED) is 0.864. The minimum absolute atomic E-state index is 0.115. The van der Waals surface area contributed by atoms with Crippen molar-refractivity contribution in [1.82, 2.24) is 10.3 Å². The number of hydrogen-bond acceptors (Lipinski definition) is 2. The van der Waals surface area contributed by atoms with Crippen molar-refractivity contribution in [3.63, 3.8) is 0 Å². The highest BCUT2D eigenvalue weighted by Gasteiger charge is 1.98. The van der Waals surface area contributed by atoms with Crippen LogP contribution < -0.4 is 5.32 Å². The van der Waals surface area contributed by atoms with Gasteiger partial charge in [-0.3, -0.25) is 9.78 Å². The number of carbonyl (C=O) groups excluding carboxylic acids is 1. The van der Waals surface area contributed by atoms with Gasteiger partial charge < -0.3 is 5.32 Å². The van der Waals surface area contributed by atoms with Gasteiger partial charge in [0.05, 0.1) is 12.2 Å². The van der Waals surface area contributed by atoms with E-state index in [-0.39, 0.29) is 5.91 Å². The maximum absolute atomic E-state index is 11.7. The number of pyridine rings is 1. The first kappa shape index (κ1) is 14.0. The molecule has 0 unspecified atom stereocenters. The SMILES string of the molecule is Cc1ccc(/C=C/C(=O)NCc2ccccn2)c(C)c1. The van der Waals surface area contributed by atoms with Crippen LogP contribution in [0.15, 0.2) is 48.7 Å². The molecule has 20 heavy (non-hydrogen) atoms. The molecule has 102 valence electrons. The van der Waals surface area contributed by atoms with Gasteiger partial charge in [-0.25, -0.2) is 0 Å². The van der Waals surface area contributed by atoms with Gasteiger partial charge in [0.15, 0.2) is 0 Å². The van der Waals surface area contributed by atoms with E-state index in [2.05, 4.69) is 23.3 Å². The Morgan fingerprint density at radius 1 is 1.25 bits per heavy atom. The van der Waals surface area contributed by atoms with Gasteiger partial charge in [-0.1, -0.05) is 29.8 Å². The number of nitrogens with one attached hydrogen (secondary N) is 1. The third-order valence-electron chi connectivity index (χ3n) is 3.01. The van der Waals surface area contributed by atoms with Crippen LogP contribution in [-0.2, 0) is 11.3 Å². The van der Waals surface area contributed by atoms with E-state index in [9.17, 15) is 4.79 Å². The molecule has 1 aromatic heterocycles. The minimum atomic E-state index is -0.115. The first-order chi connectivity index (χ1) is 9.65. The number of hydrogen-bond donors (Lipinski definition) is 1. The smallest absolute Gasteiger partial charge is 0.244 e. The van der Waals surface area contributed by atoms with Crippen LogP contribution in [0.25, 0.3) is 6.08 Å². The molecule has 3 nitrogen and oxygen atoms in total. The Morgan fingerprint density at radius 2 is 2.10 bits per heavy atom.